The minimum Gasteiger partial charge on any atom is -0.379 e. The molecule has 0 aromatic rings. The molecule has 0 bridgehead atoms. The first-order valence-corrected chi connectivity index (χ1v) is 7.39. The summed E-state index contributed by atoms with van der Waals surface area (Å²) in [6.07, 6.45) is 0.372. The Morgan fingerprint density at radius 3 is 1.95 bits per heavy atom. The van der Waals surface area contributed by atoms with Gasteiger partial charge < -0.3 is 24.3 Å². The van der Waals surface area contributed by atoms with Gasteiger partial charge in [-0.25, -0.2) is 0 Å². The molecular weight excluding hydrogens is 292 g/mol. The average molecular weight is 318 g/mol. The van der Waals surface area contributed by atoms with Gasteiger partial charge in [0, 0.05) is 24.4 Å². The number of azide groups is 1. The number of hydrogen-bond donors (Lipinski definition) is 1. The normalized spacial score (nSPS) is 10.2. The molecule has 0 rings (SSSR count). The molecular formula is C13H26N4O5. The zero-order chi connectivity index (χ0) is 16.3. The first-order chi connectivity index (χ1) is 10.8. The molecule has 0 aliphatic rings. The Morgan fingerprint density at radius 1 is 0.955 bits per heavy atom. The number of hydrogen-bond acceptors (Lipinski definition) is 6. The predicted octanol–water partition coefficient (Wildman–Crippen LogP) is 0.889. The SMILES string of the molecule is CCNC(=O)CCOCCOCCOCCOCCN=[N+]=[N-]. The highest BCUT2D eigenvalue weighted by atomic mass is 16.6. The zero-order valence-electron chi connectivity index (χ0n) is 13.2. The van der Waals surface area contributed by atoms with Crippen LogP contribution in [0.15, 0.2) is 5.11 Å². The fraction of sp³-hybridized carbons (Fsp3) is 0.923. The van der Waals surface area contributed by atoms with Gasteiger partial charge in [0.1, 0.15) is 0 Å². The monoisotopic (exact) mass is 318 g/mol. The van der Waals surface area contributed by atoms with E-state index in [4.69, 9.17) is 24.5 Å². The van der Waals surface area contributed by atoms with Gasteiger partial charge in [0.25, 0.3) is 0 Å². The summed E-state index contributed by atoms with van der Waals surface area (Å²) in [7, 11) is 0. The van der Waals surface area contributed by atoms with Crippen LogP contribution in [0.25, 0.3) is 10.4 Å². The van der Waals surface area contributed by atoms with Gasteiger partial charge >= 0.3 is 0 Å². The van der Waals surface area contributed by atoms with E-state index in [0.717, 1.165) is 0 Å². The number of rotatable bonds is 16. The highest BCUT2D eigenvalue weighted by Crippen LogP contribution is 1.86. The van der Waals surface area contributed by atoms with Crippen molar-refractivity contribution in [3.63, 3.8) is 0 Å². The molecule has 0 radical (unpaired) electrons. The van der Waals surface area contributed by atoms with Gasteiger partial charge in [-0.3, -0.25) is 4.79 Å². The third kappa shape index (κ3) is 16.7. The number of carbonyl (C=O) groups is 1. The van der Waals surface area contributed by atoms with Crippen molar-refractivity contribution in [1.82, 2.24) is 5.32 Å². The second-order valence-corrected chi connectivity index (χ2v) is 4.11. The van der Waals surface area contributed by atoms with Crippen LogP contribution in [0.4, 0.5) is 0 Å². The van der Waals surface area contributed by atoms with Crippen LogP contribution in [-0.4, -0.2) is 71.9 Å². The number of carbonyl (C=O) groups excluding carboxylic acids is 1. The standard InChI is InChI=1S/C13H26N4O5/c1-2-15-13(18)3-5-19-7-9-21-11-12-22-10-8-20-6-4-16-17-14/h2-12H2,1H3,(H,15,18). The van der Waals surface area contributed by atoms with Crippen molar-refractivity contribution in [2.24, 2.45) is 5.11 Å². The van der Waals surface area contributed by atoms with E-state index in [1.165, 1.54) is 0 Å². The maximum absolute atomic E-state index is 11.1. The van der Waals surface area contributed by atoms with Crippen LogP contribution < -0.4 is 5.32 Å². The summed E-state index contributed by atoms with van der Waals surface area (Å²) in [5.41, 5.74) is 8.04. The van der Waals surface area contributed by atoms with E-state index in [1.54, 1.807) is 0 Å². The molecule has 0 aromatic heterocycles. The molecule has 0 aromatic carbocycles. The number of nitrogens with zero attached hydrogens (tertiary/aromatic N) is 3. The van der Waals surface area contributed by atoms with E-state index in [0.29, 0.717) is 72.4 Å². The Morgan fingerprint density at radius 2 is 1.45 bits per heavy atom. The quantitative estimate of drug-likeness (QED) is 0.196. The summed E-state index contributed by atoms with van der Waals surface area (Å²) in [6, 6.07) is 0. The van der Waals surface area contributed by atoms with Crippen LogP contribution in [0.5, 0.6) is 0 Å². The maximum atomic E-state index is 11.1. The second-order valence-electron chi connectivity index (χ2n) is 4.11. The molecule has 9 nitrogen and oxygen atoms in total. The van der Waals surface area contributed by atoms with Gasteiger partial charge in [-0.2, -0.15) is 0 Å². The van der Waals surface area contributed by atoms with Gasteiger partial charge in [0.05, 0.1) is 52.9 Å². The third-order valence-corrected chi connectivity index (χ3v) is 2.36. The lowest BCUT2D eigenvalue weighted by Gasteiger charge is -2.07. The fourth-order valence-electron chi connectivity index (χ4n) is 1.36. The zero-order valence-corrected chi connectivity index (χ0v) is 13.2. The van der Waals surface area contributed by atoms with Crippen molar-refractivity contribution >= 4 is 5.91 Å². The van der Waals surface area contributed by atoms with Gasteiger partial charge in [-0.15, -0.1) is 0 Å². The molecule has 0 spiro atoms. The molecule has 0 unspecified atom stereocenters. The smallest absolute Gasteiger partial charge is 0.222 e. The van der Waals surface area contributed by atoms with Crippen molar-refractivity contribution in [1.29, 1.82) is 0 Å². The van der Waals surface area contributed by atoms with Crippen molar-refractivity contribution in [3.8, 4) is 0 Å². The van der Waals surface area contributed by atoms with Gasteiger partial charge in [0.2, 0.25) is 5.91 Å². The van der Waals surface area contributed by atoms with E-state index >= 15 is 0 Å². The van der Waals surface area contributed by atoms with Gasteiger partial charge in [-0.05, 0) is 12.5 Å². The van der Waals surface area contributed by atoms with E-state index < -0.39 is 0 Å². The highest BCUT2D eigenvalue weighted by molar-refractivity contribution is 5.75. The predicted molar refractivity (Wildman–Crippen MR) is 80.6 cm³/mol. The first kappa shape index (κ1) is 20.6. The summed E-state index contributed by atoms with van der Waals surface area (Å²) in [4.78, 5) is 13.7. The minimum atomic E-state index is -0.00142. The molecule has 1 N–H and O–H groups in total. The highest BCUT2D eigenvalue weighted by Gasteiger charge is 1.98. The number of nitrogens with one attached hydrogen (secondary N) is 1. The molecule has 0 heterocycles. The van der Waals surface area contributed by atoms with Crippen LogP contribution >= 0.6 is 0 Å². The molecule has 0 saturated carbocycles. The second kappa shape index (κ2) is 17.7. The van der Waals surface area contributed by atoms with Crippen LogP contribution in [0, 0.1) is 0 Å². The molecule has 0 saturated heterocycles. The van der Waals surface area contributed by atoms with E-state index in [1.807, 2.05) is 6.92 Å². The van der Waals surface area contributed by atoms with Crippen molar-refractivity contribution in [2.45, 2.75) is 13.3 Å². The molecule has 22 heavy (non-hydrogen) atoms. The summed E-state index contributed by atoms with van der Waals surface area (Å²) in [5.74, 6) is -0.00142. The number of ether oxygens (including phenoxy) is 4. The number of amides is 1. The maximum Gasteiger partial charge on any atom is 0.222 e. The van der Waals surface area contributed by atoms with Crippen LogP contribution in [0.2, 0.25) is 0 Å². The summed E-state index contributed by atoms with van der Waals surface area (Å²) >= 11 is 0. The summed E-state index contributed by atoms with van der Waals surface area (Å²) in [5, 5.41) is 6.04. The van der Waals surface area contributed by atoms with Gasteiger partial charge in [-0.1, -0.05) is 5.11 Å². The summed E-state index contributed by atoms with van der Waals surface area (Å²) < 4.78 is 21.0. The third-order valence-electron chi connectivity index (χ3n) is 2.36. The lowest BCUT2D eigenvalue weighted by atomic mass is 10.4. The minimum absolute atomic E-state index is 0.00142. The van der Waals surface area contributed by atoms with Crippen LogP contribution in [0.1, 0.15) is 13.3 Å². The van der Waals surface area contributed by atoms with E-state index in [-0.39, 0.29) is 5.91 Å². The molecule has 0 atom stereocenters. The molecule has 128 valence electrons. The van der Waals surface area contributed by atoms with Crippen LogP contribution in [0.3, 0.4) is 0 Å². The Kier molecular flexibility index (Phi) is 16.6. The summed E-state index contributed by atoms with van der Waals surface area (Å²) in [6.45, 7) is 6.49. The Labute approximate surface area is 130 Å². The van der Waals surface area contributed by atoms with E-state index in [9.17, 15) is 4.79 Å². The lowest BCUT2D eigenvalue weighted by Crippen LogP contribution is -2.24. The van der Waals surface area contributed by atoms with Crippen molar-refractivity contribution in [3.05, 3.63) is 10.4 Å². The average Bonchev–Trinajstić information content (AvgIpc) is 2.51. The fourth-order valence-corrected chi connectivity index (χ4v) is 1.36. The molecule has 0 fully saturated rings. The lowest BCUT2D eigenvalue weighted by molar-refractivity contribution is -0.122. The van der Waals surface area contributed by atoms with Crippen molar-refractivity contribution < 1.29 is 23.7 Å². The van der Waals surface area contributed by atoms with Crippen LogP contribution in [-0.2, 0) is 23.7 Å². The first-order valence-electron chi connectivity index (χ1n) is 7.39. The van der Waals surface area contributed by atoms with Crippen molar-refractivity contribution in [2.75, 3.05) is 65.9 Å². The molecule has 0 aliphatic heterocycles. The topological polar surface area (TPSA) is 115 Å². The Balaban J connectivity index is 3.05. The largest absolute Gasteiger partial charge is 0.379 e. The molecule has 9 heteroatoms. The molecule has 0 aliphatic carbocycles. The molecule has 1 amide bonds. The Hall–Kier alpha value is -1.38. The Bertz CT molecular complexity index is 311. The van der Waals surface area contributed by atoms with E-state index in [2.05, 4.69) is 15.3 Å². The van der Waals surface area contributed by atoms with Gasteiger partial charge in [0.15, 0.2) is 0 Å².